The number of hydrogen-bond acceptors (Lipinski definition) is 3. The van der Waals surface area contributed by atoms with Crippen LogP contribution in [0.2, 0.25) is 0 Å². The number of benzene rings is 1. The Labute approximate surface area is 131 Å². The smallest absolute Gasteiger partial charge is 0.251 e. The molecule has 5 nitrogen and oxygen atoms in total. The van der Waals surface area contributed by atoms with Gasteiger partial charge in [-0.15, -0.1) is 12.4 Å². The number of amides is 2. The molecule has 0 radical (unpaired) electrons. The van der Waals surface area contributed by atoms with Gasteiger partial charge in [0.2, 0.25) is 5.91 Å². The van der Waals surface area contributed by atoms with Crippen LogP contribution in [0.5, 0.6) is 0 Å². The number of hydrogen-bond donors (Lipinski definition) is 3. The molecule has 0 aromatic heterocycles. The number of anilines is 1. The molecule has 0 spiro atoms. The summed E-state index contributed by atoms with van der Waals surface area (Å²) in [4.78, 5) is 22.9. The molecule has 1 heterocycles. The lowest BCUT2D eigenvalue weighted by molar-refractivity contribution is -0.114. The summed E-state index contributed by atoms with van der Waals surface area (Å²) < 4.78 is 0. The van der Waals surface area contributed by atoms with E-state index in [1.54, 1.807) is 24.3 Å². The van der Waals surface area contributed by atoms with E-state index >= 15 is 0 Å². The largest absolute Gasteiger partial charge is 0.352 e. The first-order valence-corrected chi connectivity index (χ1v) is 7.02. The van der Waals surface area contributed by atoms with Crippen LogP contribution in [0.25, 0.3) is 0 Å². The van der Waals surface area contributed by atoms with Gasteiger partial charge in [-0.1, -0.05) is 0 Å². The molecule has 1 saturated heterocycles. The van der Waals surface area contributed by atoms with Crippen LogP contribution < -0.4 is 16.0 Å². The Morgan fingerprint density at radius 2 is 2.00 bits per heavy atom. The third kappa shape index (κ3) is 5.73. The quantitative estimate of drug-likeness (QED) is 0.794. The van der Waals surface area contributed by atoms with Crippen molar-refractivity contribution in [1.82, 2.24) is 10.6 Å². The molecule has 3 N–H and O–H groups in total. The normalized spacial score (nSPS) is 17.5. The first kappa shape index (κ1) is 17.5. The standard InChI is InChI=1S/C15H21N3O2.ClH/c1-11(19)18-14-6-4-13(5-7-14)15(20)17-10-12-3-2-8-16-9-12;/h4-7,12,16H,2-3,8-10H2,1H3,(H,17,20)(H,18,19);1H. The van der Waals surface area contributed by atoms with Gasteiger partial charge >= 0.3 is 0 Å². The van der Waals surface area contributed by atoms with E-state index in [-0.39, 0.29) is 24.2 Å². The van der Waals surface area contributed by atoms with Crippen LogP contribution in [-0.2, 0) is 4.79 Å². The average molecular weight is 312 g/mol. The number of carbonyl (C=O) groups excluding carboxylic acids is 2. The molecule has 116 valence electrons. The van der Waals surface area contributed by atoms with Crippen molar-refractivity contribution in [1.29, 1.82) is 0 Å². The molecule has 21 heavy (non-hydrogen) atoms. The summed E-state index contributed by atoms with van der Waals surface area (Å²) in [5.41, 5.74) is 1.31. The van der Waals surface area contributed by atoms with Gasteiger partial charge in [-0.05, 0) is 56.1 Å². The van der Waals surface area contributed by atoms with E-state index in [1.807, 2.05) is 0 Å². The summed E-state index contributed by atoms with van der Waals surface area (Å²) in [6.07, 6.45) is 2.33. The lowest BCUT2D eigenvalue weighted by Crippen LogP contribution is -2.38. The van der Waals surface area contributed by atoms with Crippen LogP contribution in [0.15, 0.2) is 24.3 Å². The van der Waals surface area contributed by atoms with Crippen molar-refractivity contribution in [3.05, 3.63) is 29.8 Å². The minimum absolute atomic E-state index is 0. The highest BCUT2D eigenvalue weighted by atomic mass is 35.5. The zero-order valence-electron chi connectivity index (χ0n) is 12.1. The van der Waals surface area contributed by atoms with Gasteiger partial charge in [0.15, 0.2) is 0 Å². The Morgan fingerprint density at radius 1 is 1.29 bits per heavy atom. The number of piperidine rings is 1. The lowest BCUT2D eigenvalue weighted by Gasteiger charge is -2.22. The predicted molar refractivity (Wildman–Crippen MR) is 85.9 cm³/mol. The van der Waals surface area contributed by atoms with Gasteiger partial charge in [-0.3, -0.25) is 9.59 Å². The molecule has 1 unspecified atom stereocenters. The number of nitrogens with one attached hydrogen (secondary N) is 3. The van der Waals surface area contributed by atoms with Crippen LogP contribution in [0.3, 0.4) is 0 Å². The second kappa shape index (κ2) is 8.64. The zero-order chi connectivity index (χ0) is 14.4. The van der Waals surface area contributed by atoms with E-state index in [4.69, 9.17) is 0 Å². The summed E-state index contributed by atoms with van der Waals surface area (Å²) in [6.45, 7) is 4.22. The van der Waals surface area contributed by atoms with Gasteiger partial charge in [0.25, 0.3) is 5.91 Å². The average Bonchev–Trinajstić information content (AvgIpc) is 2.46. The molecule has 1 aromatic carbocycles. The Bertz CT molecular complexity index is 470. The SMILES string of the molecule is CC(=O)Nc1ccc(C(=O)NCC2CCCNC2)cc1.Cl. The van der Waals surface area contributed by atoms with Crippen molar-refractivity contribution >= 4 is 29.9 Å². The monoisotopic (exact) mass is 311 g/mol. The van der Waals surface area contributed by atoms with Gasteiger partial charge in [0.05, 0.1) is 0 Å². The molecule has 0 aliphatic carbocycles. The fourth-order valence-electron chi connectivity index (χ4n) is 2.35. The van der Waals surface area contributed by atoms with Crippen molar-refractivity contribution < 1.29 is 9.59 Å². The van der Waals surface area contributed by atoms with E-state index < -0.39 is 0 Å². The Hall–Kier alpha value is -1.59. The predicted octanol–water partition coefficient (Wildman–Crippen LogP) is 1.80. The third-order valence-corrected chi connectivity index (χ3v) is 3.42. The van der Waals surface area contributed by atoms with E-state index in [2.05, 4.69) is 16.0 Å². The highest BCUT2D eigenvalue weighted by molar-refractivity contribution is 5.95. The summed E-state index contributed by atoms with van der Waals surface area (Å²) in [7, 11) is 0. The van der Waals surface area contributed by atoms with Crippen LogP contribution in [0, 0.1) is 5.92 Å². The van der Waals surface area contributed by atoms with E-state index in [1.165, 1.54) is 13.3 Å². The van der Waals surface area contributed by atoms with Gasteiger partial charge in [-0.2, -0.15) is 0 Å². The Kier molecular flexibility index (Phi) is 7.19. The molecule has 0 saturated carbocycles. The van der Waals surface area contributed by atoms with Crippen LogP contribution in [0.4, 0.5) is 5.69 Å². The molecule has 0 bridgehead atoms. The summed E-state index contributed by atoms with van der Waals surface area (Å²) in [5, 5.41) is 8.97. The Morgan fingerprint density at radius 3 is 2.57 bits per heavy atom. The minimum atomic E-state index is -0.119. The van der Waals surface area contributed by atoms with Gasteiger partial charge in [-0.25, -0.2) is 0 Å². The maximum absolute atomic E-state index is 12.0. The van der Waals surface area contributed by atoms with Crippen molar-refractivity contribution in [2.75, 3.05) is 25.0 Å². The van der Waals surface area contributed by atoms with Crippen molar-refractivity contribution in [3.63, 3.8) is 0 Å². The maximum Gasteiger partial charge on any atom is 0.251 e. The van der Waals surface area contributed by atoms with Crippen LogP contribution in [-0.4, -0.2) is 31.4 Å². The molecule has 1 aromatic rings. The molecule has 1 aliphatic heterocycles. The molecular weight excluding hydrogens is 290 g/mol. The highest BCUT2D eigenvalue weighted by Crippen LogP contribution is 2.11. The Balaban J connectivity index is 0.00000220. The van der Waals surface area contributed by atoms with Gasteiger partial charge < -0.3 is 16.0 Å². The van der Waals surface area contributed by atoms with Gasteiger partial charge in [0, 0.05) is 24.7 Å². The molecular formula is C15H22ClN3O2. The maximum atomic E-state index is 12.0. The molecule has 2 amide bonds. The van der Waals surface area contributed by atoms with E-state index in [0.717, 1.165) is 19.5 Å². The molecule has 1 fully saturated rings. The summed E-state index contributed by atoms with van der Waals surface area (Å²) in [6, 6.07) is 6.91. The highest BCUT2D eigenvalue weighted by Gasteiger charge is 2.14. The second-order valence-corrected chi connectivity index (χ2v) is 5.18. The van der Waals surface area contributed by atoms with Crippen molar-refractivity contribution in [2.45, 2.75) is 19.8 Å². The minimum Gasteiger partial charge on any atom is -0.352 e. The number of rotatable bonds is 4. The van der Waals surface area contributed by atoms with Crippen molar-refractivity contribution in [3.8, 4) is 0 Å². The van der Waals surface area contributed by atoms with Crippen molar-refractivity contribution in [2.24, 2.45) is 5.92 Å². The fraction of sp³-hybridized carbons (Fsp3) is 0.467. The number of carbonyl (C=O) groups is 2. The molecule has 1 atom stereocenters. The summed E-state index contributed by atoms with van der Waals surface area (Å²) >= 11 is 0. The third-order valence-electron chi connectivity index (χ3n) is 3.42. The fourth-order valence-corrected chi connectivity index (χ4v) is 2.35. The molecule has 1 aliphatic rings. The molecule has 2 rings (SSSR count). The topological polar surface area (TPSA) is 70.2 Å². The zero-order valence-corrected chi connectivity index (χ0v) is 13.0. The molecule has 6 heteroatoms. The van der Waals surface area contributed by atoms with Gasteiger partial charge in [0.1, 0.15) is 0 Å². The number of halogens is 1. The second-order valence-electron chi connectivity index (χ2n) is 5.18. The first-order chi connectivity index (χ1) is 9.65. The van der Waals surface area contributed by atoms with Crippen LogP contribution >= 0.6 is 12.4 Å². The first-order valence-electron chi connectivity index (χ1n) is 7.02. The van der Waals surface area contributed by atoms with Crippen LogP contribution in [0.1, 0.15) is 30.1 Å². The van der Waals surface area contributed by atoms with E-state index in [0.29, 0.717) is 23.7 Å². The lowest BCUT2D eigenvalue weighted by atomic mass is 9.99. The summed E-state index contributed by atoms with van der Waals surface area (Å²) in [5.74, 6) is 0.336. The van der Waals surface area contributed by atoms with E-state index in [9.17, 15) is 9.59 Å².